The molecule has 3 aromatic carbocycles. The highest BCUT2D eigenvalue weighted by molar-refractivity contribution is 6.30. The smallest absolute Gasteiger partial charge is 0.222 e. The molecule has 30 heavy (non-hydrogen) atoms. The quantitative estimate of drug-likeness (QED) is 0.456. The van der Waals surface area contributed by atoms with E-state index in [0.29, 0.717) is 6.61 Å². The Balaban J connectivity index is 1.35. The third-order valence-corrected chi connectivity index (χ3v) is 5.67. The summed E-state index contributed by atoms with van der Waals surface area (Å²) in [6.07, 6.45) is 2.46. The number of anilines is 1. The second-order valence-corrected chi connectivity index (χ2v) is 7.81. The first kappa shape index (κ1) is 18.7. The Morgan fingerprint density at radius 1 is 0.933 bits per heavy atom. The van der Waals surface area contributed by atoms with Gasteiger partial charge in [-0.15, -0.1) is 0 Å². The van der Waals surface area contributed by atoms with Crippen molar-refractivity contribution >= 4 is 17.5 Å². The molecule has 4 aromatic rings. The molecule has 0 saturated heterocycles. The molecule has 0 unspecified atom stereocenters. The van der Waals surface area contributed by atoms with Gasteiger partial charge in [-0.2, -0.15) is 10.1 Å². The predicted molar refractivity (Wildman–Crippen MR) is 118 cm³/mol. The predicted octanol–water partition coefficient (Wildman–Crippen LogP) is 5.66. The van der Waals surface area contributed by atoms with Crippen LogP contribution >= 0.6 is 11.6 Å². The van der Waals surface area contributed by atoms with Crippen LogP contribution in [0.15, 0.2) is 85.2 Å². The van der Waals surface area contributed by atoms with Gasteiger partial charge >= 0.3 is 0 Å². The van der Waals surface area contributed by atoms with Crippen molar-refractivity contribution in [2.75, 3.05) is 5.32 Å². The molecule has 2 heterocycles. The summed E-state index contributed by atoms with van der Waals surface area (Å²) in [4.78, 5) is 4.40. The van der Waals surface area contributed by atoms with E-state index in [4.69, 9.17) is 16.3 Å². The average Bonchev–Trinajstić information content (AvgIpc) is 3.27. The number of ether oxygens (including phenoxy) is 1. The number of rotatable bonds is 5. The van der Waals surface area contributed by atoms with Crippen molar-refractivity contribution in [1.29, 1.82) is 0 Å². The van der Waals surface area contributed by atoms with Crippen molar-refractivity contribution in [2.45, 2.75) is 25.1 Å². The molecule has 1 N–H and O–H groups in total. The number of hydrogen-bond donors (Lipinski definition) is 1. The van der Waals surface area contributed by atoms with E-state index in [-0.39, 0.29) is 12.1 Å². The van der Waals surface area contributed by atoms with Gasteiger partial charge in [0.15, 0.2) is 0 Å². The van der Waals surface area contributed by atoms with E-state index in [9.17, 15) is 0 Å². The molecule has 1 aliphatic heterocycles. The first-order valence-corrected chi connectivity index (χ1v) is 10.3. The third kappa shape index (κ3) is 3.89. The highest BCUT2D eigenvalue weighted by Gasteiger charge is 2.29. The highest BCUT2D eigenvalue weighted by atomic mass is 35.5. The Kier molecular flexibility index (Phi) is 5.11. The van der Waals surface area contributed by atoms with E-state index in [2.05, 4.69) is 51.8 Å². The van der Waals surface area contributed by atoms with Crippen LogP contribution in [-0.2, 0) is 6.61 Å². The zero-order valence-electron chi connectivity index (χ0n) is 16.3. The molecule has 0 spiro atoms. The molecule has 0 radical (unpaired) electrons. The van der Waals surface area contributed by atoms with E-state index in [0.717, 1.165) is 28.7 Å². The summed E-state index contributed by atoms with van der Waals surface area (Å²) in [6, 6.07) is 26.6. The van der Waals surface area contributed by atoms with Crippen LogP contribution in [0.5, 0.6) is 5.75 Å². The lowest BCUT2D eigenvalue weighted by atomic mass is 9.93. The second kappa shape index (κ2) is 8.20. The van der Waals surface area contributed by atoms with Crippen molar-refractivity contribution in [3.05, 3.63) is 107 Å². The summed E-state index contributed by atoms with van der Waals surface area (Å²) >= 11 is 6.06. The zero-order valence-corrected chi connectivity index (χ0v) is 17.0. The second-order valence-electron chi connectivity index (χ2n) is 7.37. The third-order valence-electron chi connectivity index (χ3n) is 5.42. The van der Waals surface area contributed by atoms with Gasteiger partial charge in [0.05, 0.1) is 12.1 Å². The van der Waals surface area contributed by atoms with Crippen LogP contribution in [0.1, 0.15) is 35.2 Å². The SMILES string of the molecule is Clc1ccc([C@H]2C[C@@H](c3ccc(OCc4ccccc4)cc3)n3ncnc3N2)cc1. The lowest BCUT2D eigenvalue weighted by Crippen LogP contribution is -2.28. The molecular formula is C24H21ClN4O. The lowest BCUT2D eigenvalue weighted by molar-refractivity contribution is 0.306. The van der Waals surface area contributed by atoms with Crippen molar-refractivity contribution in [3.63, 3.8) is 0 Å². The molecule has 0 bridgehead atoms. The van der Waals surface area contributed by atoms with Gasteiger partial charge in [0, 0.05) is 5.02 Å². The zero-order chi connectivity index (χ0) is 20.3. The van der Waals surface area contributed by atoms with Gasteiger partial charge in [-0.05, 0) is 47.4 Å². The highest BCUT2D eigenvalue weighted by Crippen LogP contribution is 2.37. The Labute approximate surface area is 180 Å². The Morgan fingerprint density at radius 3 is 2.43 bits per heavy atom. The van der Waals surface area contributed by atoms with Gasteiger partial charge in [0.2, 0.25) is 5.95 Å². The fourth-order valence-electron chi connectivity index (χ4n) is 3.84. The molecule has 150 valence electrons. The number of hydrogen-bond acceptors (Lipinski definition) is 4. The van der Waals surface area contributed by atoms with E-state index < -0.39 is 0 Å². The van der Waals surface area contributed by atoms with Crippen LogP contribution in [-0.4, -0.2) is 14.8 Å². The minimum atomic E-state index is 0.0904. The van der Waals surface area contributed by atoms with Crippen molar-refractivity contribution in [3.8, 4) is 5.75 Å². The van der Waals surface area contributed by atoms with Gasteiger partial charge in [-0.1, -0.05) is 66.2 Å². The number of halogens is 1. The summed E-state index contributed by atoms with van der Waals surface area (Å²) in [5.41, 5.74) is 3.51. The number of nitrogens with zero attached hydrogens (tertiary/aromatic N) is 3. The molecule has 2 atom stereocenters. The summed E-state index contributed by atoms with van der Waals surface area (Å²) < 4.78 is 7.88. The fourth-order valence-corrected chi connectivity index (χ4v) is 3.96. The van der Waals surface area contributed by atoms with Crippen LogP contribution in [0.3, 0.4) is 0 Å². The molecule has 6 heteroatoms. The molecule has 0 amide bonds. The van der Waals surface area contributed by atoms with Crippen LogP contribution in [0.2, 0.25) is 5.02 Å². The Morgan fingerprint density at radius 2 is 1.67 bits per heavy atom. The van der Waals surface area contributed by atoms with E-state index in [1.807, 2.05) is 47.1 Å². The fraction of sp³-hybridized carbons (Fsp3) is 0.167. The van der Waals surface area contributed by atoms with Crippen molar-refractivity contribution in [1.82, 2.24) is 14.8 Å². The van der Waals surface area contributed by atoms with Gasteiger partial charge in [-0.3, -0.25) is 0 Å². The normalized spacial score (nSPS) is 17.8. The molecule has 0 fully saturated rings. The minimum absolute atomic E-state index is 0.0904. The largest absolute Gasteiger partial charge is 0.489 e. The summed E-state index contributed by atoms with van der Waals surface area (Å²) in [6.45, 7) is 0.555. The Bertz CT molecular complexity index is 1110. The number of nitrogens with one attached hydrogen (secondary N) is 1. The molecule has 1 aromatic heterocycles. The summed E-state index contributed by atoms with van der Waals surface area (Å²) in [5, 5.41) is 8.67. The van der Waals surface area contributed by atoms with Crippen LogP contribution in [0.25, 0.3) is 0 Å². The lowest BCUT2D eigenvalue weighted by Gasteiger charge is -2.32. The average molecular weight is 417 g/mol. The number of fused-ring (bicyclic) bond motifs is 1. The van der Waals surface area contributed by atoms with Gasteiger partial charge in [0.1, 0.15) is 18.7 Å². The molecule has 0 aliphatic carbocycles. The monoisotopic (exact) mass is 416 g/mol. The van der Waals surface area contributed by atoms with Crippen molar-refractivity contribution in [2.24, 2.45) is 0 Å². The van der Waals surface area contributed by atoms with Gasteiger partial charge in [0.25, 0.3) is 0 Å². The number of benzene rings is 3. The maximum absolute atomic E-state index is 6.06. The standard InChI is InChI=1S/C24H21ClN4O/c25-20-10-6-18(7-11-20)22-14-23(29-24(28-22)26-16-27-29)19-8-12-21(13-9-19)30-15-17-4-2-1-3-5-17/h1-13,16,22-23H,14-15H2,(H,26,27,28)/t22-,23+/m1/s1. The maximum Gasteiger partial charge on any atom is 0.222 e. The maximum atomic E-state index is 6.06. The Hall–Kier alpha value is -3.31. The first-order valence-electron chi connectivity index (χ1n) is 9.94. The van der Waals surface area contributed by atoms with Crippen LogP contribution in [0, 0.1) is 0 Å². The topological polar surface area (TPSA) is 52.0 Å². The van der Waals surface area contributed by atoms with E-state index in [1.54, 1.807) is 6.33 Å². The van der Waals surface area contributed by atoms with Crippen LogP contribution < -0.4 is 10.1 Å². The summed E-state index contributed by atoms with van der Waals surface area (Å²) in [7, 11) is 0. The molecule has 5 rings (SSSR count). The molecule has 1 aliphatic rings. The number of aromatic nitrogens is 3. The van der Waals surface area contributed by atoms with Gasteiger partial charge < -0.3 is 10.1 Å². The molecule has 0 saturated carbocycles. The minimum Gasteiger partial charge on any atom is -0.489 e. The van der Waals surface area contributed by atoms with Gasteiger partial charge in [-0.25, -0.2) is 4.68 Å². The summed E-state index contributed by atoms with van der Waals surface area (Å²) in [5.74, 6) is 1.63. The van der Waals surface area contributed by atoms with Crippen LogP contribution in [0.4, 0.5) is 5.95 Å². The van der Waals surface area contributed by atoms with Crippen molar-refractivity contribution < 1.29 is 4.74 Å². The van der Waals surface area contributed by atoms with E-state index in [1.165, 1.54) is 11.1 Å². The van der Waals surface area contributed by atoms with E-state index >= 15 is 0 Å². The molecular weight excluding hydrogens is 396 g/mol. The molecule has 5 nitrogen and oxygen atoms in total. The first-order chi connectivity index (χ1) is 14.8.